The molecule has 0 aliphatic heterocycles. The van der Waals surface area contributed by atoms with Gasteiger partial charge in [0.25, 0.3) is 0 Å². The van der Waals surface area contributed by atoms with Crippen LogP contribution in [-0.4, -0.2) is 41.0 Å². The Morgan fingerprint density at radius 3 is 2.40 bits per heavy atom. The van der Waals surface area contributed by atoms with Crippen LogP contribution in [0.25, 0.3) is 6.08 Å². The van der Waals surface area contributed by atoms with E-state index in [9.17, 15) is 9.59 Å². The van der Waals surface area contributed by atoms with E-state index in [4.69, 9.17) is 9.47 Å². The monoisotopic (exact) mass is 584 g/mol. The fourth-order valence-electron chi connectivity index (χ4n) is 4.98. The summed E-state index contributed by atoms with van der Waals surface area (Å²) in [5, 5.41) is 0. The molecule has 6 nitrogen and oxygen atoms in total. The lowest BCUT2D eigenvalue weighted by atomic mass is 9.94. The van der Waals surface area contributed by atoms with Crippen molar-refractivity contribution >= 4 is 18.0 Å². The van der Waals surface area contributed by atoms with Crippen LogP contribution in [0, 0.1) is 12.8 Å². The van der Waals surface area contributed by atoms with Crippen LogP contribution in [0.5, 0.6) is 5.75 Å². The smallest absolute Gasteiger partial charge is 0.410 e. The van der Waals surface area contributed by atoms with E-state index in [-0.39, 0.29) is 18.0 Å². The van der Waals surface area contributed by atoms with Gasteiger partial charge in [0.05, 0.1) is 12.2 Å². The topological polar surface area (TPSA) is 68.7 Å². The summed E-state index contributed by atoms with van der Waals surface area (Å²) in [6.07, 6.45) is 5.40. The third-order valence-corrected chi connectivity index (χ3v) is 7.17. The number of Topliss-reactive ketones (excluding diaryl/α,β-unsaturated/α-hetero) is 1. The van der Waals surface area contributed by atoms with Gasteiger partial charge in [-0.2, -0.15) is 0 Å². The third-order valence-electron chi connectivity index (χ3n) is 7.17. The zero-order valence-corrected chi connectivity index (χ0v) is 27.1. The number of nitrogens with zero attached hydrogens (tertiary/aromatic N) is 2. The van der Waals surface area contributed by atoms with Crippen molar-refractivity contribution in [2.75, 3.05) is 13.6 Å². The lowest BCUT2D eigenvalue weighted by molar-refractivity contribution is 0.0226. The maximum absolute atomic E-state index is 12.7. The standard InChI is InChI=1S/C37H48N2O4/c1-26(14-12-15-27(2)23-34-33(29(4)40)21-20-28(3)38-34)22-30-16-13-19-32(24-30)42-35(31-17-10-9-11-18-31)25-39(8)36(41)43-37(5,6)7/h9-11,13,16-21,23-24,26,35H,12,14-15,22,25H2,1-8H3/b27-23+. The summed E-state index contributed by atoms with van der Waals surface area (Å²) in [6.45, 7) is 13.9. The normalized spacial score (nSPS) is 13.3. The van der Waals surface area contributed by atoms with Crippen LogP contribution in [0.3, 0.4) is 0 Å². The molecule has 43 heavy (non-hydrogen) atoms. The number of ether oxygens (including phenoxy) is 2. The Labute approximate surface area is 258 Å². The van der Waals surface area contributed by atoms with E-state index >= 15 is 0 Å². The second-order valence-corrected chi connectivity index (χ2v) is 12.7. The van der Waals surface area contributed by atoms with E-state index in [0.717, 1.165) is 48.4 Å². The molecule has 0 aliphatic rings. The number of carbonyl (C=O) groups is 2. The Morgan fingerprint density at radius 2 is 1.72 bits per heavy atom. The van der Waals surface area contributed by atoms with Crippen LogP contribution in [0.2, 0.25) is 0 Å². The number of hydrogen-bond acceptors (Lipinski definition) is 5. The number of allylic oxidation sites excluding steroid dienone is 1. The van der Waals surface area contributed by atoms with Crippen LogP contribution in [0.15, 0.2) is 72.3 Å². The Kier molecular flexibility index (Phi) is 12.1. The van der Waals surface area contributed by atoms with Gasteiger partial charge in [0, 0.05) is 18.3 Å². The molecule has 3 rings (SSSR count). The van der Waals surface area contributed by atoms with Crippen LogP contribution in [0.1, 0.15) is 99.8 Å². The van der Waals surface area contributed by atoms with Gasteiger partial charge in [-0.05, 0) is 108 Å². The average Bonchev–Trinajstić information content (AvgIpc) is 2.92. The molecule has 0 saturated carbocycles. The van der Waals surface area contributed by atoms with Crippen molar-refractivity contribution in [1.82, 2.24) is 9.88 Å². The zero-order chi connectivity index (χ0) is 31.6. The van der Waals surface area contributed by atoms with Crippen LogP contribution in [0.4, 0.5) is 4.79 Å². The molecule has 3 aromatic rings. The number of hydrogen-bond donors (Lipinski definition) is 0. The van der Waals surface area contributed by atoms with Crippen molar-refractivity contribution < 1.29 is 19.1 Å². The number of amides is 1. The maximum atomic E-state index is 12.7. The Balaban J connectivity index is 1.60. The molecule has 0 aliphatic carbocycles. The van der Waals surface area contributed by atoms with Gasteiger partial charge in [0.2, 0.25) is 0 Å². The predicted octanol–water partition coefficient (Wildman–Crippen LogP) is 9.03. The van der Waals surface area contributed by atoms with E-state index < -0.39 is 5.60 Å². The minimum Gasteiger partial charge on any atom is -0.484 e. The number of rotatable bonds is 13. The largest absolute Gasteiger partial charge is 0.484 e. The fourth-order valence-corrected chi connectivity index (χ4v) is 4.98. The van der Waals surface area contributed by atoms with Crippen molar-refractivity contribution in [3.63, 3.8) is 0 Å². The van der Waals surface area contributed by atoms with Gasteiger partial charge < -0.3 is 14.4 Å². The van der Waals surface area contributed by atoms with Crippen molar-refractivity contribution in [3.8, 4) is 5.75 Å². The first-order valence-electron chi connectivity index (χ1n) is 15.2. The van der Waals surface area contributed by atoms with Crippen molar-refractivity contribution in [1.29, 1.82) is 0 Å². The molecule has 2 aromatic carbocycles. The Hall–Kier alpha value is -3.93. The third kappa shape index (κ3) is 11.3. The van der Waals surface area contributed by atoms with Gasteiger partial charge in [-0.3, -0.25) is 9.78 Å². The number of likely N-dealkylation sites (N-methyl/N-ethyl adjacent to an activating group) is 1. The molecule has 1 aromatic heterocycles. The summed E-state index contributed by atoms with van der Waals surface area (Å²) in [5.41, 5.74) is 5.23. The van der Waals surface area contributed by atoms with E-state index in [1.54, 1.807) is 18.9 Å². The number of pyridine rings is 1. The number of ketones is 1. The maximum Gasteiger partial charge on any atom is 0.410 e. The predicted molar refractivity (Wildman–Crippen MR) is 174 cm³/mol. The summed E-state index contributed by atoms with van der Waals surface area (Å²) >= 11 is 0. The molecule has 0 N–H and O–H groups in total. The first kappa shape index (κ1) is 33.6. The van der Waals surface area contributed by atoms with Gasteiger partial charge in [0.15, 0.2) is 5.78 Å². The number of aromatic nitrogens is 1. The minimum atomic E-state index is -0.564. The van der Waals surface area contributed by atoms with Crippen molar-refractivity contribution in [2.45, 2.75) is 85.9 Å². The Morgan fingerprint density at radius 1 is 1.00 bits per heavy atom. The highest BCUT2D eigenvalue weighted by atomic mass is 16.6. The van der Waals surface area contributed by atoms with Crippen LogP contribution < -0.4 is 4.74 Å². The summed E-state index contributed by atoms with van der Waals surface area (Å²) < 4.78 is 12.0. The summed E-state index contributed by atoms with van der Waals surface area (Å²) in [5.74, 6) is 1.31. The van der Waals surface area contributed by atoms with Crippen LogP contribution >= 0.6 is 0 Å². The first-order valence-corrected chi connectivity index (χ1v) is 15.2. The summed E-state index contributed by atoms with van der Waals surface area (Å²) in [6, 6.07) is 22.0. The molecule has 6 heteroatoms. The highest BCUT2D eigenvalue weighted by molar-refractivity contribution is 5.97. The highest BCUT2D eigenvalue weighted by Gasteiger charge is 2.24. The van der Waals surface area contributed by atoms with E-state index in [1.807, 2.05) is 82.3 Å². The summed E-state index contributed by atoms with van der Waals surface area (Å²) in [4.78, 5) is 30.8. The highest BCUT2D eigenvalue weighted by Crippen LogP contribution is 2.26. The average molecular weight is 585 g/mol. The SMILES string of the molecule is CC(=O)c1ccc(C)nc1/C=C(\C)CCCC(C)Cc1cccc(OC(CN(C)C(=O)OC(C)(C)C)c2ccccc2)c1. The first-order chi connectivity index (χ1) is 20.3. The molecule has 230 valence electrons. The van der Waals surface area contributed by atoms with Gasteiger partial charge in [0.1, 0.15) is 17.5 Å². The van der Waals surface area contributed by atoms with Gasteiger partial charge in [-0.15, -0.1) is 0 Å². The molecular formula is C37H48N2O4. The quantitative estimate of drug-likeness (QED) is 0.188. The lowest BCUT2D eigenvalue weighted by Gasteiger charge is -2.28. The summed E-state index contributed by atoms with van der Waals surface area (Å²) in [7, 11) is 1.74. The molecule has 1 heterocycles. The number of carbonyl (C=O) groups excluding carboxylic acids is 2. The number of aryl methyl sites for hydroxylation is 1. The second kappa shape index (κ2) is 15.5. The van der Waals surface area contributed by atoms with E-state index in [2.05, 4.69) is 37.0 Å². The lowest BCUT2D eigenvalue weighted by Crippen LogP contribution is -2.37. The molecule has 0 fully saturated rings. The van der Waals surface area contributed by atoms with Crippen molar-refractivity contribution in [2.24, 2.45) is 5.92 Å². The fraction of sp³-hybridized carbons (Fsp3) is 0.432. The molecule has 0 saturated heterocycles. The molecule has 2 unspecified atom stereocenters. The number of benzene rings is 2. The van der Waals surface area contributed by atoms with Gasteiger partial charge >= 0.3 is 6.09 Å². The molecule has 0 spiro atoms. The Bertz CT molecular complexity index is 1390. The molecular weight excluding hydrogens is 536 g/mol. The van der Waals surface area contributed by atoms with E-state index in [1.165, 1.54) is 11.1 Å². The molecule has 2 atom stereocenters. The van der Waals surface area contributed by atoms with Gasteiger partial charge in [-0.1, -0.05) is 61.4 Å². The van der Waals surface area contributed by atoms with E-state index in [0.29, 0.717) is 18.0 Å². The van der Waals surface area contributed by atoms with Gasteiger partial charge in [-0.25, -0.2) is 4.79 Å². The molecule has 1 amide bonds. The molecule has 0 bridgehead atoms. The second-order valence-electron chi connectivity index (χ2n) is 12.7. The minimum absolute atomic E-state index is 0.0385. The van der Waals surface area contributed by atoms with Crippen LogP contribution in [-0.2, 0) is 11.2 Å². The molecule has 0 radical (unpaired) electrons. The van der Waals surface area contributed by atoms with Crippen molar-refractivity contribution in [3.05, 3.63) is 100 Å². The zero-order valence-electron chi connectivity index (χ0n) is 27.1.